The maximum Gasteiger partial charge on any atom is 0.289 e. The van der Waals surface area contributed by atoms with Crippen molar-refractivity contribution in [2.24, 2.45) is 0 Å². The molecule has 1 aromatic carbocycles. The minimum Gasteiger partial charge on any atom is -0.490 e. The van der Waals surface area contributed by atoms with Crippen molar-refractivity contribution < 1.29 is 18.7 Å². The molecule has 0 aliphatic carbocycles. The molecule has 0 bridgehead atoms. The zero-order chi connectivity index (χ0) is 18.0. The van der Waals surface area contributed by atoms with E-state index in [4.69, 9.17) is 13.9 Å². The van der Waals surface area contributed by atoms with Crippen LogP contribution in [0.25, 0.3) is 11.0 Å². The Balaban J connectivity index is 2.00. The number of carbonyl (C=O) groups is 1. The van der Waals surface area contributed by atoms with E-state index in [1.165, 1.54) is 0 Å². The summed E-state index contributed by atoms with van der Waals surface area (Å²) in [5.41, 5.74) is 1.44. The Labute approximate surface area is 148 Å². The first kappa shape index (κ1) is 17.6. The van der Waals surface area contributed by atoms with Crippen molar-refractivity contribution in [1.29, 1.82) is 0 Å². The van der Waals surface area contributed by atoms with Crippen molar-refractivity contribution in [3.63, 3.8) is 0 Å². The Hall–Kier alpha value is -2.21. The maximum absolute atomic E-state index is 12.9. The number of piperazine rings is 1. The van der Waals surface area contributed by atoms with Gasteiger partial charge in [-0.15, -0.1) is 0 Å². The van der Waals surface area contributed by atoms with Crippen molar-refractivity contribution in [2.45, 2.75) is 20.8 Å². The average molecular weight is 346 g/mol. The first-order valence-electron chi connectivity index (χ1n) is 8.86. The summed E-state index contributed by atoms with van der Waals surface area (Å²) in [5.74, 6) is 1.56. The number of nitrogens with zero attached hydrogens (tertiary/aromatic N) is 2. The Morgan fingerprint density at radius 1 is 1.12 bits per heavy atom. The van der Waals surface area contributed by atoms with E-state index in [1.807, 2.05) is 37.8 Å². The van der Waals surface area contributed by atoms with Gasteiger partial charge < -0.3 is 23.7 Å². The van der Waals surface area contributed by atoms with Gasteiger partial charge in [-0.1, -0.05) is 0 Å². The molecule has 1 fully saturated rings. The van der Waals surface area contributed by atoms with Gasteiger partial charge in [0.05, 0.1) is 13.2 Å². The number of aryl methyl sites for hydroxylation is 1. The summed E-state index contributed by atoms with van der Waals surface area (Å²) in [7, 11) is 2.07. The lowest BCUT2D eigenvalue weighted by molar-refractivity contribution is 0.0633. The normalized spacial score (nSPS) is 15.6. The predicted molar refractivity (Wildman–Crippen MR) is 96.7 cm³/mol. The number of fused-ring (bicyclic) bond motifs is 1. The lowest BCUT2D eigenvalue weighted by Gasteiger charge is -2.31. The van der Waals surface area contributed by atoms with E-state index in [9.17, 15) is 4.79 Å². The van der Waals surface area contributed by atoms with Gasteiger partial charge in [0, 0.05) is 37.1 Å². The van der Waals surface area contributed by atoms with Crippen LogP contribution in [0.2, 0.25) is 0 Å². The molecule has 6 heteroatoms. The van der Waals surface area contributed by atoms with Gasteiger partial charge in [0.1, 0.15) is 0 Å². The van der Waals surface area contributed by atoms with E-state index in [0.717, 1.165) is 24.0 Å². The SMILES string of the molecule is CCOc1ccc2c(C)c(C(=O)N3CCN(C)CC3)oc2c1OCC. The third-order valence-electron chi connectivity index (χ3n) is 4.60. The second kappa shape index (κ2) is 7.35. The van der Waals surface area contributed by atoms with Crippen LogP contribution in [0, 0.1) is 6.92 Å². The first-order valence-corrected chi connectivity index (χ1v) is 8.86. The summed E-state index contributed by atoms with van der Waals surface area (Å²) in [6, 6.07) is 3.81. The van der Waals surface area contributed by atoms with Gasteiger partial charge in [0.2, 0.25) is 5.75 Å². The molecule has 136 valence electrons. The molecule has 1 aliphatic heterocycles. The van der Waals surface area contributed by atoms with Crippen LogP contribution in [0.15, 0.2) is 16.5 Å². The average Bonchev–Trinajstić information content (AvgIpc) is 2.94. The van der Waals surface area contributed by atoms with Crippen molar-refractivity contribution >= 4 is 16.9 Å². The van der Waals surface area contributed by atoms with Crippen LogP contribution in [0.1, 0.15) is 30.0 Å². The van der Waals surface area contributed by atoms with Crippen LogP contribution < -0.4 is 9.47 Å². The zero-order valence-electron chi connectivity index (χ0n) is 15.4. The van der Waals surface area contributed by atoms with E-state index in [1.54, 1.807) is 0 Å². The quantitative estimate of drug-likeness (QED) is 0.833. The van der Waals surface area contributed by atoms with Gasteiger partial charge in [0.15, 0.2) is 17.1 Å². The largest absolute Gasteiger partial charge is 0.490 e. The standard InChI is InChI=1S/C19H26N2O4/c1-5-23-15-8-7-14-13(3)16(25-17(14)18(15)24-6-2)19(22)21-11-9-20(4)10-12-21/h7-8H,5-6,9-12H2,1-4H3. The fraction of sp³-hybridized carbons (Fsp3) is 0.526. The van der Waals surface area contributed by atoms with E-state index in [0.29, 0.717) is 49.1 Å². The minimum atomic E-state index is -0.0535. The van der Waals surface area contributed by atoms with Gasteiger partial charge >= 0.3 is 0 Å². The molecule has 0 atom stereocenters. The molecular weight excluding hydrogens is 320 g/mol. The lowest BCUT2D eigenvalue weighted by atomic mass is 10.1. The molecule has 3 rings (SSSR count). The van der Waals surface area contributed by atoms with Crippen molar-refractivity contribution in [3.8, 4) is 11.5 Å². The number of furan rings is 1. The smallest absolute Gasteiger partial charge is 0.289 e. The number of hydrogen-bond acceptors (Lipinski definition) is 5. The third-order valence-corrected chi connectivity index (χ3v) is 4.60. The molecule has 2 heterocycles. The maximum atomic E-state index is 12.9. The van der Waals surface area contributed by atoms with Gasteiger partial charge in [-0.2, -0.15) is 0 Å². The molecule has 0 N–H and O–H groups in total. The number of rotatable bonds is 5. The molecule has 0 spiro atoms. The van der Waals surface area contributed by atoms with Crippen LogP contribution in [-0.4, -0.2) is 62.1 Å². The minimum absolute atomic E-state index is 0.0535. The fourth-order valence-electron chi connectivity index (χ4n) is 3.15. The van der Waals surface area contributed by atoms with E-state index < -0.39 is 0 Å². The van der Waals surface area contributed by atoms with Crippen LogP contribution in [0.3, 0.4) is 0 Å². The summed E-state index contributed by atoms with van der Waals surface area (Å²) >= 11 is 0. The first-order chi connectivity index (χ1) is 12.1. The van der Waals surface area contributed by atoms with Gasteiger partial charge in [-0.05, 0) is 40.0 Å². The number of ether oxygens (including phenoxy) is 2. The van der Waals surface area contributed by atoms with E-state index >= 15 is 0 Å². The molecule has 1 amide bonds. The molecular formula is C19H26N2O4. The second-order valence-corrected chi connectivity index (χ2v) is 6.29. The van der Waals surface area contributed by atoms with Crippen LogP contribution >= 0.6 is 0 Å². The Kier molecular flexibility index (Phi) is 5.18. The van der Waals surface area contributed by atoms with Crippen molar-refractivity contribution in [1.82, 2.24) is 9.80 Å². The number of hydrogen-bond donors (Lipinski definition) is 0. The molecule has 1 aliphatic rings. The van der Waals surface area contributed by atoms with Crippen LogP contribution in [-0.2, 0) is 0 Å². The number of benzene rings is 1. The molecule has 0 unspecified atom stereocenters. The summed E-state index contributed by atoms with van der Waals surface area (Å²) in [6.45, 7) is 10.00. The van der Waals surface area contributed by atoms with E-state index in [-0.39, 0.29) is 5.91 Å². The topological polar surface area (TPSA) is 55.2 Å². The monoisotopic (exact) mass is 346 g/mol. The molecule has 0 radical (unpaired) electrons. The summed E-state index contributed by atoms with van der Waals surface area (Å²) in [5, 5.41) is 0.893. The number of amides is 1. The van der Waals surface area contributed by atoms with Crippen LogP contribution in [0.5, 0.6) is 11.5 Å². The molecule has 25 heavy (non-hydrogen) atoms. The molecule has 0 saturated carbocycles. The highest BCUT2D eigenvalue weighted by Crippen LogP contribution is 2.40. The fourth-order valence-corrected chi connectivity index (χ4v) is 3.15. The zero-order valence-corrected chi connectivity index (χ0v) is 15.4. The molecule has 2 aromatic rings. The van der Waals surface area contributed by atoms with Crippen molar-refractivity contribution in [2.75, 3.05) is 46.4 Å². The molecule has 1 saturated heterocycles. The molecule has 1 aromatic heterocycles. The number of carbonyl (C=O) groups excluding carboxylic acids is 1. The van der Waals surface area contributed by atoms with E-state index in [2.05, 4.69) is 11.9 Å². The highest BCUT2D eigenvalue weighted by atomic mass is 16.5. The predicted octanol–water partition coefficient (Wildman–Crippen LogP) is 2.93. The summed E-state index contributed by atoms with van der Waals surface area (Å²) in [6.07, 6.45) is 0. The molecule has 6 nitrogen and oxygen atoms in total. The highest BCUT2D eigenvalue weighted by molar-refractivity contribution is 6.00. The second-order valence-electron chi connectivity index (χ2n) is 6.29. The van der Waals surface area contributed by atoms with Gasteiger partial charge in [-0.3, -0.25) is 4.79 Å². The Morgan fingerprint density at radius 3 is 2.44 bits per heavy atom. The Morgan fingerprint density at radius 2 is 1.80 bits per heavy atom. The van der Waals surface area contributed by atoms with Crippen LogP contribution in [0.4, 0.5) is 0 Å². The highest BCUT2D eigenvalue weighted by Gasteiger charge is 2.27. The third kappa shape index (κ3) is 3.31. The van der Waals surface area contributed by atoms with Gasteiger partial charge in [0.25, 0.3) is 5.91 Å². The summed E-state index contributed by atoms with van der Waals surface area (Å²) in [4.78, 5) is 17.0. The number of likely N-dealkylation sites (N-methyl/N-ethyl adjacent to an activating group) is 1. The van der Waals surface area contributed by atoms with Crippen molar-refractivity contribution in [3.05, 3.63) is 23.5 Å². The summed E-state index contributed by atoms with van der Waals surface area (Å²) < 4.78 is 17.4. The Bertz CT molecular complexity index is 760. The lowest BCUT2D eigenvalue weighted by Crippen LogP contribution is -2.47. The van der Waals surface area contributed by atoms with Gasteiger partial charge in [-0.25, -0.2) is 0 Å².